The lowest BCUT2D eigenvalue weighted by Crippen LogP contribution is -2.18. The summed E-state index contributed by atoms with van der Waals surface area (Å²) < 4.78 is 4.85. The molecule has 0 aromatic heterocycles. The minimum Gasteiger partial charge on any atom is -0.450 e. The van der Waals surface area contributed by atoms with E-state index in [0.717, 1.165) is 11.1 Å². The van der Waals surface area contributed by atoms with Gasteiger partial charge in [-0.25, -0.2) is 4.79 Å². The molecule has 2 rings (SSSR count). The van der Waals surface area contributed by atoms with E-state index in [1.165, 1.54) is 0 Å². The molecule has 0 spiro atoms. The van der Waals surface area contributed by atoms with Gasteiger partial charge in [-0.3, -0.25) is 10.1 Å². The van der Waals surface area contributed by atoms with Crippen molar-refractivity contribution in [3.63, 3.8) is 0 Å². The average molecular weight is 312 g/mol. The van der Waals surface area contributed by atoms with Gasteiger partial charge in [-0.1, -0.05) is 18.2 Å². The van der Waals surface area contributed by atoms with Crippen LogP contribution in [-0.2, 0) is 4.74 Å². The van der Waals surface area contributed by atoms with E-state index in [-0.39, 0.29) is 12.5 Å². The average Bonchev–Trinajstić information content (AvgIpc) is 2.51. The van der Waals surface area contributed by atoms with Gasteiger partial charge in [0.05, 0.1) is 17.9 Å². The summed E-state index contributed by atoms with van der Waals surface area (Å²) in [7, 11) is 0. The first kappa shape index (κ1) is 16.5. The summed E-state index contributed by atoms with van der Waals surface area (Å²) in [5.41, 5.74) is 3.75. The van der Waals surface area contributed by atoms with Crippen LogP contribution >= 0.6 is 0 Å². The zero-order valence-electron chi connectivity index (χ0n) is 13.5. The number of carbonyl (C=O) groups is 2. The number of anilines is 2. The molecule has 0 fully saturated rings. The van der Waals surface area contributed by atoms with Gasteiger partial charge in [0.25, 0.3) is 5.91 Å². The number of aryl methyl sites for hydroxylation is 2. The van der Waals surface area contributed by atoms with Crippen LogP contribution in [-0.4, -0.2) is 18.6 Å². The van der Waals surface area contributed by atoms with E-state index >= 15 is 0 Å². The van der Waals surface area contributed by atoms with E-state index < -0.39 is 6.09 Å². The van der Waals surface area contributed by atoms with Gasteiger partial charge >= 0.3 is 6.09 Å². The second-order valence-corrected chi connectivity index (χ2v) is 5.14. The SMILES string of the molecule is CCOC(=O)Nc1ccccc1C(=O)Nc1ccc(C)c(C)c1. The Labute approximate surface area is 135 Å². The van der Waals surface area contributed by atoms with E-state index in [0.29, 0.717) is 16.9 Å². The molecule has 0 saturated heterocycles. The van der Waals surface area contributed by atoms with Crippen molar-refractivity contribution in [1.29, 1.82) is 0 Å². The first-order valence-corrected chi connectivity index (χ1v) is 7.42. The minimum atomic E-state index is -0.584. The van der Waals surface area contributed by atoms with Crippen LogP contribution in [0.5, 0.6) is 0 Å². The first-order valence-electron chi connectivity index (χ1n) is 7.42. The van der Waals surface area contributed by atoms with Crippen LogP contribution in [0.15, 0.2) is 42.5 Å². The fraction of sp³-hybridized carbons (Fsp3) is 0.222. The van der Waals surface area contributed by atoms with Crippen molar-refractivity contribution in [1.82, 2.24) is 0 Å². The summed E-state index contributed by atoms with van der Waals surface area (Å²) in [5.74, 6) is -0.291. The van der Waals surface area contributed by atoms with E-state index in [1.54, 1.807) is 31.2 Å². The second kappa shape index (κ2) is 7.45. The molecule has 0 radical (unpaired) electrons. The number of carbonyl (C=O) groups excluding carboxylic acids is 2. The Morgan fingerprint density at radius 2 is 1.74 bits per heavy atom. The fourth-order valence-electron chi connectivity index (χ4n) is 2.08. The number of rotatable bonds is 4. The number of hydrogen-bond donors (Lipinski definition) is 2. The third-order valence-electron chi connectivity index (χ3n) is 3.45. The highest BCUT2D eigenvalue weighted by Crippen LogP contribution is 2.19. The summed E-state index contributed by atoms with van der Waals surface area (Å²) >= 11 is 0. The molecule has 5 heteroatoms. The molecular weight excluding hydrogens is 292 g/mol. The first-order chi connectivity index (χ1) is 11.0. The van der Waals surface area contributed by atoms with Crippen molar-refractivity contribution in [2.24, 2.45) is 0 Å². The number of amides is 2. The molecule has 0 aliphatic heterocycles. The third-order valence-corrected chi connectivity index (χ3v) is 3.45. The normalized spacial score (nSPS) is 10.0. The third kappa shape index (κ3) is 4.32. The van der Waals surface area contributed by atoms with E-state index in [1.807, 2.05) is 32.0 Å². The summed E-state index contributed by atoms with van der Waals surface area (Å²) in [6, 6.07) is 12.5. The molecule has 23 heavy (non-hydrogen) atoms. The van der Waals surface area contributed by atoms with Crippen molar-refractivity contribution in [3.8, 4) is 0 Å². The molecule has 0 atom stereocenters. The minimum absolute atomic E-state index is 0.267. The van der Waals surface area contributed by atoms with Gasteiger partial charge in [0, 0.05) is 5.69 Å². The summed E-state index contributed by atoms with van der Waals surface area (Å²) in [6.45, 7) is 5.99. The summed E-state index contributed by atoms with van der Waals surface area (Å²) in [4.78, 5) is 24.0. The van der Waals surface area contributed by atoms with E-state index in [4.69, 9.17) is 4.74 Å². The highest BCUT2D eigenvalue weighted by molar-refractivity contribution is 6.09. The van der Waals surface area contributed by atoms with Gasteiger partial charge < -0.3 is 10.1 Å². The predicted octanol–water partition coefficient (Wildman–Crippen LogP) is 4.12. The zero-order chi connectivity index (χ0) is 16.8. The van der Waals surface area contributed by atoms with Crippen molar-refractivity contribution in [2.45, 2.75) is 20.8 Å². The van der Waals surface area contributed by atoms with Crippen molar-refractivity contribution < 1.29 is 14.3 Å². The van der Waals surface area contributed by atoms with Gasteiger partial charge in [-0.15, -0.1) is 0 Å². The quantitative estimate of drug-likeness (QED) is 0.892. The lowest BCUT2D eigenvalue weighted by atomic mass is 10.1. The zero-order valence-corrected chi connectivity index (χ0v) is 13.5. The van der Waals surface area contributed by atoms with Crippen LogP contribution in [0, 0.1) is 13.8 Å². The van der Waals surface area contributed by atoms with Crippen LogP contribution < -0.4 is 10.6 Å². The van der Waals surface area contributed by atoms with Crippen LogP contribution in [0.2, 0.25) is 0 Å². The highest BCUT2D eigenvalue weighted by Gasteiger charge is 2.13. The molecule has 2 aromatic rings. The van der Waals surface area contributed by atoms with Crippen LogP contribution in [0.4, 0.5) is 16.2 Å². The number of benzene rings is 2. The van der Waals surface area contributed by atoms with E-state index in [2.05, 4.69) is 10.6 Å². The molecule has 0 aliphatic carbocycles. The van der Waals surface area contributed by atoms with Crippen molar-refractivity contribution in [3.05, 3.63) is 59.2 Å². The number of nitrogens with one attached hydrogen (secondary N) is 2. The van der Waals surface area contributed by atoms with Gasteiger partial charge in [-0.2, -0.15) is 0 Å². The Morgan fingerprint density at radius 3 is 2.43 bits per heavy atom. The van der Waals surface area contributed by atoms with E-state index in [9.17, 15) is 9.59 Å². The smallest absolute Gasteiger partial charge is 0.411 e. The molecule has 0 heterocycles. The van der Waals surface area contributed by atoms with Crippen molar-refractivity contribution in [2.75, 3.05) is 17.2 Å². The molecule has 2 aromatic carbocycles. The van der Waals surface area contributed by atoms with Crippen LogP contribution in [0.1, 0.15) is 28.4 Å². The number of para-hydroxylation sites is 1. The second-order valence-electron chi connectivity index (χ2n) is 5.14. The predicted molar refractivity (Wildman–Crippen MR) is 91.0 cm³/mol. The highest BCUT2D eigenvalue weighted by atomic mass is 16.5. The van der Waals surface area contributed by atoms with Gasteiger partial charge in [-0.05, 0) is 56.2 Å². The summed E-state index contributed by atoms with van der Waals surface area (Å²) in [5, 5.41) is 5.42. The van der Waals surface area contributed by atoms with Crippen molar-refractivity contribution >= 4 is 23.4 Å². The largest absolute Gasteiger partial charge is 0.450 e. The Bertz CT molecular complexity index is 726. The molecule has 0 saturated carbocycles. The maximum Gasteiger partial charge on any atom is 0.411 e. The molecule has 2 N–H and O–H groups in total. The fourth-order valence-corrected chi connectivity index (χ4v) is 2.08. The molecular formula is C18H20N2O3. The van der Waals surface area contributed by atoms with Gasteiger partial charge in [0.15, 0.2) is 0 Å². The molecule has 5 nitrogen and oxygen atoms in total. The number of ether oxygens (including phenoxy) is 1. The maximum absolute atomic E-state index is 12.5. The Balaban J connectivity index is 2.18. The number of hydrogen-bond acceptors (Lipinski definition) is 3. The van der Waals surface area contributed by atoms with Gasteiger partial charge in [0.1, 0.15) is 0 Å². The molecule has 120 valence electrons. The molecule has 0 bridgehead atoms. The lowest BCUT2D eigenvalue weighted by Gasteiger charge is -2.12. The van der Waals surface area contributed by atoms with Gasteiger partial charge in [0.2, 0.25) is 0 Å². The standard InChI is InChI=1S/C18H20N2O3/c1-4-23-18(22)20-16-8-6-5-7-15(16)17(21)19-14-10-9-12(2)13(3)11-14/h5-11H,4H2,1-3H3,(H,19,21)(H,20,22). The molecule has 0 aliphatic rings. The Kier molecular flexibility index (Phi) is 5.36. The maximum atomic E-state index is 12.5. The molecule has 2 amide bonds. The topological polar surface area (TPSA) is 67.4 Å². The Hall–Kier alpha value is -2.82. The lowest BCUT2D eigenvalue weighted by molar-refractivity contribution is 0.102. The molecule has 0 unspecified atom stereocenters. The Morgan fingerprint density at radius 1 is 1.00 bits per heavy atom. The van der Waals surface area contributed by atoms with Crippen LogP contribution in [0.3, 0.4) is 0 Å². The monoisotopic (exact) mass is 312 g/mol. The van der Waals surface area contributed by atoms with Crippen LogP contribution in [0.25, 0.3) is 0 Å². The summed E-state index contributed by atoms with van der Waals surface area (Å²) in [6.07, 6.45) is -0.584.